The molecule has 0 saturated heterocycles. The molecule has 3 aromatic heterocycles. The maximum absolute atomic E-state index is 2.31. The first-order valence-corrected chi connectivity index (χ1v) is 11.3. The van der Waals surface area contributed by atoms with Crippen LogP contribution in [0.25, 0.3) is 0 Å². The van der Waals surface area contributed by atoms with Crippen LogP contribution < -0.4 is 8.47 Å². The Morgan fingerprint density at radius 3 is 1.25 bits per heavy atom. The van der Waals surface area contributed by atoms with E-state index in [1.807, 2.05) is 34.0 Å². The van der Waals surface area contributed by atoms with Crippen LogP contribution in [0.1, 0.15) is 0 Å². The van der Waals surface area contributed by atoms with E-state index in [2.05, 4.69) is 52.5 Å². The average Bonchev–Trinajstić information content (AvgIpc) is 3.02. The molecule has 3 rings (SSSR count). The van der Waals surface area contributed by atoms with Crippen LogP contribution in [0.5, 0.6) is 0 Å². The van der Waals surface area contributed by atoms with Crippen LogP contribution >= 0.6 is 34.0 Å². The second-order valence-corrected chi connectivity index (χ2v) is 14.8. The molecule has 0 aliphatic rings. The second kappa shape index (κ2) is 5.05. The Balaban J connectivity index is 2.09. The van der Waals surface area contributed by atoms with Crippen LogP contribution in [0, 0.1) is 0 Å². The predicted octanol–water partition coefficient (Wildman–Crippen LogP) is 2.39. The molecule has 0 bridgehead atoms. The summed E-state index contributed by atoms with van der Waals surface area (Å²) in [6, 6.07) is 13.5. The fourth-order valence-electron chi connectivity index (χ4n) is 1.52. The van der Waals surface area contributed by atoms with Crippen molar-refractivity contribution in [3.8, 4) is 0 Å². The Labute approximate surface area is 114 Å². The molecule has 0 aromatic carbocycles. The third-order valence-corrected chi connectivity index (χ3v) is 15.6. The summed E-state index contributed by atoms with van der Waals surface area (Å²) < 4.78 is 4.86. The summed E-state index contributed by atoms with van der Waals surface area (Å²) in [5.74, 6) is 0. The van der Waals surface area contributed by atoms with Gasteiger partial charge in [0, 0.05) is 0 Å². The zero-order chi connectivity index (χ0) is 10.8. The van der Waals surface area contributed by atoms with E-state index in [1.54, 1.807) is 8.47 Å². The topological polar surface area (TPSA) is 0 Å². The first-order chi connectivity index (χ1) is 7.95. The van der Waals surface area contributed by atoms with Crippen molar-refractivity contribution in [2.24, 2.45) is 0 Å². The second-order valence-electron chi connectivity index (χ2n) is 3.19. The zero-order valence-electron chi connectivity index (χ0n) is 8.37. The Morgan fingerprint density at radius 1 is 0.625 bits per heavy atom. The molecule has 16 heavy (non-hydrogen) atoms. The van der Waals surface area contributed by atoms with Gasteiger partial charge in [-0.3, -0.25) is 0 Å². The Kier molecular flexibility index (Phi) is 3.48. The molecule has 80 valence electrons. The van der Waals surface area contributed by atoms with Gasteiger partial charge in [-0.1, -0.05) is 0 Å². The van der Waals surface area contributed by atoms with Crippen molar-refractivity contribution < 1.29 is 0 Å². The van der Waals surface area contributed by atoms with Crippen molar-refractivity contribution in [1.29, 1.82) is 0 Å². The van der Waals surface area contributed by atoms with Crippen LogP contribution in [0.3, 0.4) is 0 Å². The molecular weight excluding hydrogens is 362 g/mol. The van der Waals surface area contributed by atoms with Crippen molar-refractivity contribution >= 4 is 62.7 Å². The molecule has 0 unspecified atom stereocenters. The Morgan fingerprint density at radius 2 is 1.00 bits per heavy atom. The molecule has 0 N–H and O–H groups in total. The minimum atomic E-state index is -1.60. The molecule has 3 heterocycles. The van der Waals surface area contributed by atoms with E-state index in [1.165, 1.54) is 0 Å². The van der Waals surface area contributed by atoms with Crippen molar-refractivity contribution in [1.82, 2.24) is 0 Å². The van der Waals surface area contributed by atoms with Gasteiger partial charge in [0.15, 0.2) is 0 Å². The van der Waals surface area contributed by atoms with Gasteiger partial charge in [-0.2, -0.15) is 0 Å². The quantitative estimate of drug-likeness (QED) is 0.621. The molecule has 0 fully saturated rings. The van der Waals surface area contributed by atoms with Crippen LogP contribution in [0.15, 0.2) is 52.5 Å². The van der Waals surface area contributed by atoms with Crippen LogP contribution in [-0.4, -0.2) is 20.2 Å². The molecule has 0 aliphatic heterocycles. The summed E-state index contributed by atoms with van der Waals surface area (Å²) >= 11 is 4.16. The van der Waals surface area contributed by atoms with Gasteiger partial charge < -0.3 is 0 Å². The van der Waals surface area contributed by atoms with Gasteiger partial charge >= 0.3 is 115 Å². The monoisotopic (exact) mass is 370 g/mol. The van der Waals surface area contributed by atoms with Gasteiger partial charge in [-0.05, 0) is 0 Å². The molecule has 0 saturated carbocycles. The average molecular weight is 371 g/mol. The van der Waals surface area contributed by atoms with Gasteiger partial charge in [-0.25, -0.2) is 0 Å². The molecule has 0 aliphatic carbocycles. The van der Waals surface area contributed by atoms with Crippen LogP contribution in [0.4, 0.5) is 0 Å². The van der Waals surface area contributed by atoms with Crippen molar-refractivity contribution in [2.45, 2.75) is 0 Å². The van der Waals surface area contributed by atoms with Gasteiger partial charge in [0.25, 0.3) is 0 Å². The number of hydrogen-bond acceptors (Lipinski definition) is 3. The van der Waals surface area contributed by atoms with Gasteiger partial charge in [0.2, 0.25) is 0 Å². The van der Waals surface area contributed by atoms with Crippen molar-refractivity contribution in [2.75, 3.05) is 0 Å². The molecule has 4 heteroatoms. The Bertz CT molecular complexity index is 441. The summed E-state index contributed by atoms with van der Waals surface area (Å²) in [6.45, 7) is 0. The third-order valence-electron chi connectivity index (χ3n) is 2.18. The number of hydrogen-bond donors (Lipinski definition) is 0. The van der Waals surface area contributed by atoms with Crippen molar-refractivity contribution in [3.63, 3.8) is 0 Å². The summed E-state index contributed by atoms with van der Waals surface area (Å²) in [5, 5.41) is 6.61. The summed E-state index contributed by atoms with van der Waals surface area (Å²) in [7, 11) is 0. The van der Waals surface area contributed by atoms with Crippen LogP contribution in [-0.2, 0) is 0 Å². The molecule has 0 atom stereocenters. The molecule has 0 nitrogen and oxygen atoms in total. The Hall–Kier alpha value is -0.0818. The fourth-order valence-corrected chi connectivity index (χ4v) is 16.5. The van der Waals surface area contributed by atoms with E-state index in [9.17, 15) is 0 Å². The van der Waals surface area contributed by atoms with Gasteiger partial charge in [0.05, 0.1) is 0 Å². The first kappa shape index (κ1) is 11.0. The van der Waals surface area contributed by atoms with E-state index in [-0.39, 0.29) is 0 Å². The summed E-state index contributed by atoms with van der Waals surface area (Å²) in [5.41, 5.74) is 0. The van der Waals surface area contributed by atoms with Gasteiger partial charge in [0.1, 0.15) is 0 Å². The maximum atomic E-state index is 2.31. The van der Waals surface area contributed by atoms with Gasteiger partial charge in [-0.15, -0.1) is 0 Å². The summed E-state index contributed by atoms with van der Waals surface area (Å²) in [4.78, 5) is 0. The first-order valence-electron chi connectivity index (χ1n) is 4.86. The van der Waals surface area contributed by atoms with E-state index in [0.29, 0.717) is 0 Å². The molecule has 0 amide bonds. The standard InChI is InChI=1S/3C4H3S.Sb/c3*1-2-4-5-3-1;/h3*1-3H;. The number of thiophene rings is 3. The molecular formula is C12H9S3Sb. The molecule has 0 radical (unpaired) electrons. The fraction of sp³-hybridized carbons (Fsp3) is 0. The SMILES string of the molecule is c1cs[c]([Sb]([c]2cccs2)[c]2cccs2)c1. The van der Waals surface area contributed by atoms with E-state index < -0.39 is 20.2 Å². The van der Waals surface area contributed by atoms with Crippen molar-refractivity contribution in [3.05, 3.63) is 52.5 Å². The third kappa shape index (κ3) is 2.14. The molecule has 0 spiro atoms. The zero-order valence-corrected chi connectivity index (χ0v) is 13.4. The van der Waals surface area contributed by atoms with E-state index >= 15 is 0 Å². The predicted molar refractivity (Wildman–Crippen MR) is 77.6 cm³/mol. The summed E-state index contributed by atoms with van der Waals surface area (Å²) in [6.07, 6.45) is 0. The van der Waals surface area contributed by atoms with E-state index in [0.717, 1.165) is 0 Å². The van der Waals surface area contributed by atoms with Crippen LogP contribution in [0.2, 0.25) is 0 Å². The molecule has 3 aromatic rings. The van der Waals surface area contributed by atoms with E-state index in [4.69, 9.17) is 0 Å². The minimum absolute atomic E-state index is 1.60. The number of rotatable bonds is 3. The normalized spacial score (nSPS) is 11.1.